The molecule has 0 aromatic carbocycles. The van der Waals surface area contributed by atoms with Crippen LogP contribution in [-0.4, -0.2) is 30.9 Å². The van der Waals surface area contributed by atoms with E-state index >= 15 is 0 Å². The summed E-state index contributed by atoms with van der Waals surface area (Å²) in [7, 11) is -2.83. The molecule has 112 valence electrons. The highest BCUT2D eigenvalue weighted by molar-refractivity contribution is 7.92. The zero-order valence-electron chi connectivity index (χ0n) is 12.5. The van der Waals surface area contributed by atoms with E-state index in [2.05, 4.69) is 37.1 Å². The Hall–Kier alpha value is -1.10. The lowest BCUT2D eigenvalue weighted by Gasteiger charge is -2.18. The molecule has 1 aliphatic rings. The highest BCUT2D eigenvalue weighted by Gasteiger charge is 2.34. The molecule has 1 fully saturated rings. The molecule has 1 heterocycles. The van der Waals surface area contributed by atoms with Crippen LogP contribution in [-0.2, 0) is 15.3 Å². The molecule has 0 unspecified atom stereocenters. The van der Waals surface area contributed by atoms with E-state index in [0.717, 1.165) is 18.7 Å². The maximum atomic E-state index is 11.7. The molecule has 2 rings (SSSR count). The number of aromatic nitrogens is 1. The van der Waals surface area contributed by atoms with Crippen LogP contribution in [0.25, 0.3) is 0 Å². The van der Waals surface area contributed by atoms with Crippen molar-refractivity contribution in [2.45, 2.75) is 50.7 Å². The molecule has 0 saturated heterocycles. The Morgan fingerprint density at radius 3 is 2.50 bits per heavy atom. The Bertz CT molecular complexity index is 540. The van der Waals surface area contributed by atoms with E-state index in [1.54, 1.807) is 0 Å². The molecular formula is C15H24N2O2S. The Labute approximate surface area is 121 Å². The molecule has 1 N–H and O–H groups in total. The minimum atomic E-state index is -2.83. The molecule has 4 nitrogen and oxygen atoms in total. The summed E-state index contributed by atoms with van der Waals surface area (Å²) in [6, 6.07) is 4.02. The standard InChI is InChI=1S/C15H24N2O2S/c1-15(2,3)12-5-8-14(17-11-12)16-9-4-10-20(18,19)13-6-7-13/h5,8,11,13H,4,6-7,9-10H2,1-3H3,(H,16,17). The van der Waals surface area contributed by atoms with Crippen LogP contribution in [0.3, 0.4) is 0 Å². The molecule has 0 bridgehead atoms. The van der Waals surface area contributed by atoms with Gasteiger partial charge in [-0.05, 0) is 36.3 Å². The lowest BCUT2D eigenvalue weighted by Crippen LogP contribution is -2.15. The fourth-order valence-electron chi connectivity index (χ4n) is 2.03. The van der Waals surface area contributed by atoms with E-state index in [1.807, 2.05) is 12.3 Å². The van der Waals surface area contributed by atoms with Gasteiger partial charge in [-0.2, -0.15) is 0 Å². The number of rotatable bonds is 6. The highest BCUT2D eigenvalue weighted by Crippen LogP contribution is 2.29. The fraction of sp³-hybridized carbons (Fsp3) is 0.667. The smallest absolute Gasteiger partial charge is 0.153 e. The zero-order valence-corrected chi connectivity index (χ0v) is 13.3. The third-order valence-corrected chi connectivity index (χ3v) is 5.92. The first-order valence-electron chi connectivity index (χ1n) is 7.21. The summed E-state index contributed by atoms with van der Waals surface area (Å²) in [5.41, 5.74) is 1.29. The summed E-state index contributed by atoms with van der Waals surface area (Å²) < 4.78 is 23.4. The maximum Gasteiger partial charge on any atom is 0.153 e. The summed E-state index contributed by atoms with van der Waals surface area (Å²) in [4.78, 5) is 4.37. The lowest BCUT2D eigenvalue weighted by atomic mass is 9.88. The van der Waals surface area contributed by atoms with E-state index in [1.165, 1.54) is 5.56 Å². The van der Waals surface area contributed by atoms with Crippen molar-refractivity contribution in [2.75, 3.05) is 17.6 Å². The minimum Gasteiger partial charge on any atom is -0.370 e. The SMILES string of the molecule is CC(C)(C)c1ccc(NCCCS(=O)(=O)C2CC2)nc1. The van der Waals surface area contributed by atoms with Crippen molar-refractivity contribution in [1.29, 1.82) is 0 Å². The van der Waals surface area contributed by atoms with Gasteiger partial charge in [-0.15, -0.1) is 0 Å². The second kappa shape index (κ2) is 5.72. The van der Waals surface area contributed by atoms with Crippen molar-refractivity contribution < 1.29 is 8.42 Å². The van der Waals surface area contributed by atoms with Crippen LogP contribution in [0.2, 0.25) is 0 Å². The number of pyridine rings is 1. The van der Waals surface area contributed by atoms with E-state index in [4.69, 9.17) is 0 Å². The first-order chi connectivity index (χ1) is 9.29. The summed E-state index contributed by atoms with van der Waals surface area (Å²) in [5.74, 6) is 1.09. The number of anilines is 1. The third kappa shape index (κ3) is 4.20. The largest absolute Gasteiger partial charge is 0.370 e. The molecule has 1 aromatic heterocycles. The zero-order chi connectivity index (χ0) is 14.8. The van der Waals surface area contributed by atoms with Crippen molar-refractivity contribution in [3.63, 3.8) is 0 Å². The molecule has 0 radical (unpaired) electrons. The summed E-state index contributed by atoms with van der Waals surface area (Å²) >= 11 is 0. The predicted molar refractivity (Wildman–Crippen MR) is 82.9 cm³/mol. The van der Waals surface area contributed by atoms with Crippen LogP contribution in [0.15, 0.2) is 18.3 Å². The molecular weight excluding hydrogens is 272 g/mol. The molecule has 5 heteroatoms. The number of nitrogens with one attached hydrogen (secondary N) is 1. The average molecular weight is 296 g/mol. The van der Waals surface area contributed by atoms with Gasteiger partial charge in [-0.25, -0.2) is 13.4 Å². The fourth-order valence-corrected chi connectivity index (χ4v) is 3.76. The molecule has 0 amide bonds. The molecule has 1 saturated carbocycles. The van der Waals surface area contributed by atoms with Gasteiger partial charge in [0.2, 0.25) is 0 Å². The number of hydrogen-bond donors (Lipinski definition) is 1. The Morgan fingerprint density at radius 2 is 2.00 bits per heavy atom. The van der Waals surface area contributed by atoms with Gasteiger partial charge in [-0.3, -0.25) is 0 Å². The second-order valence-electron chi connectivity index (χ2n) is 6.53. The van der Waals surface area contributed by atoms with Crippen LogP contribution in [0.4, 0.5) is 5.82 Å². The van der Waals surface area contributed by atoms with Crippen molar-refractivity contribution in [3.05, 3.63) is 23.9 Å². The molecule has 1 aromatic rings. The molecule has 0 spiro atoms. The van der Waals surface area contributed by atoms with Crippen LogP contribution in [0, 0.1) is 0 Å². The Morgan fingerprint density at radius 1 is 1.30 bits per heavy atom. The maximum absolute atomic E-state index is 11.7. The van der Waals surface area contributed by atoms with Crippen molar-refractivity contribution in [1.82, 2.24) is 4.98 Å². The molecule has 1 aliphatic carbocycles. The Balaban J connectivity index is 1.77. The van der Waals surface area contributed by atoms with Gasteiger partial charge in [0.25, 0.3) is 0 Å². The minimum absolute atomic E-state index is 0.0494. The molecule has 0 atom stereocenters. The summed E-state index contributed by atoms with van der Waals surface area (Å²) in [6.07, 6.45) is 4.22. The predicted octanol–water partition coefficient (Wildman–Crippen LogP) is 2.76. The lowest BCUT2D eigenvalue weighted by molar-refractivity contribution is 0.587. The second-order valence-corrected chi connectivity index (χ2v) is 8.93. The van der Waals surface area contributed by atoms with Gasteiger partial charge >= 0.3 is 0 Å². The average Bonchev–Trinajstić information content (AvgIpc) is 3.19. The number of hydrogen-bond acceptors (Lipinski definition) is 4. The van der Waals surface area contributed by atoms with E-state index in [-0.39, 0.29) is 16.4 Å². The highest BCUT2D eigenvalue weighted by atomic mass is 32.2. The van der Waals surface area contributed by atoms with Gasteiger partial charge in [0.1, 0.15) is 5.82 Å². The van der Waals surface area contributed by atoms with Crippen LogP contribution < -0.4 is 5.32 Å². The Kier molecular flexibility index (Phi) is 4.37. The van der Waals surface area contributed by atoms with Gasteiger partial charge in [0.15, 0.2) is 9.84 Å². The van der Waals surface area contributed by atoms with Gasteiger partial charge in [0.05, 0.1) is 11.0 Å². The van der Waals surface area contributed by atoms with E-state index < -0.39 is 9.84 Å². The van der Waals surface area contributed by atoms with Crippen LogP contribution >= 0.6 is 0 Å². The normalized spacial score (nSPS) is 16.1. The van der Waals surface area contributed by atoms with Gasteiger partial charge in [0, 0.05) is 12.7 Å². The quantitative estimate of drug-likeness (QED) is 0.820. The van der Waals surface area contributed by atoms with Gasteiger partial charge < -0.3 is 5.32 Å². The summed E-state index contributed by atoms with van der Waals surface area (Å²) in [5, 5.41) is 3.13. The third-order valence-electron chi connectivity index (χ3n) is 3.57. The van der Waals surface area contributed by atoms with Crippen molar-refractivity contribution in [3.8, 4) is 0 Å². The van der Waals surface area contributed by atoms with Gasteiger partial charge in [-0.1, -0.05) is 26.8 Å². The number of nitrogens with zero attached hydrogens (tertiary/aromatic N) is 1. The number of sulfone groups is 1. The topological polar surface area (TPSA) is 59.1 Å². The van der Waals surface area contributed by atoms with Crippen molar-refractivity contribution >= 4 is 15.7 Å². The van der Waals surface area contributed by atoms with Crippen LogP contribution in [0.1, 0.15) is 45.6 Å². The first kappa shape index (κ1) is 15.3. The monoisotopic (exact) mass is 296 g/mol. The van der Waals surface area contributed by atoms with Crippen LogP contribution in [0.5, 0.6) is 0 Å². The summed E-state index contributed by atoms with van der Waals surface area (Å²) in [6.45, 7) is 7.10. The molecule has 0 aliphatic heterocycles. The van der Waals surface area contributed by atoms with E-state index in [0.29, 0.717) is 13.0 Å². The van der Waals surface area contributed by atoms with E-state index in [9.17, 15) is 8.42 Å². The molecule has 20 heavy (non-hydrogen) atoms. The van der Waals surface area contributed by atoms with Crippen molar-refractivity contribution in [2.24, 2.45) is 0 Å². The first-order valence-corrected chi connectivity index (χ1v) is 8.92.